The van der Waals surface area contributed by atoms with Crippen molar-refractivity contribution in [1.29, 1.82) is 0 Å². The lowest BCUT2D eigenvalue weighted by Gasteiger charge is -2.15. The first kappa shape index (κ1) is 14.8. The Morgan fingerprint density at radius 2 is 2.06 bits per heavy atom. The molecule has 4 heteroatoms. The van der Waals surface area contributed by atoms with E-state index in [4.69, 9.17) is 14.6 Å². The maximum absolute atomic E-state index is 9.11. The van der Waals surface area contributed by atoms with Gasteiger partial charge in [-0.3, -0.25) is 0 Å². The average Bonchev–Trinajstić information content (AvgIpc) is 2.41. The van der Waals surface area contributed by atoms with Gasteiger partial charge in [-0.15, -0.1) is 0 Å². The average molecular weight is 253 g/mol. The second-order valence-corrected chi connectivity index (χ2v) is 4.09. The molecule has 0 saturated heterocycles. The van der Waals surface area contributed by atoms with Gasteiger partial charge in [0, 0.05) is 12.6 Å². The third-order valence-corrected chi connectivity index (χ3v) is 2.84. The van der Waals surface area contributed by atoms with Crippen LogP contribution in [0.15, 0.2) is 18.2 Å². The van der Waals surface area contributed by atoms with Gasteiger partial charge in [-0.2, -0.15) is 0 Å². The molecule has 0 aliphatic rings. The SMILES string of the molecule is CCOc1ccc(CN[C@H](CC)CO)cc1OC. The van der Waals surface area contributed by atoms with Crippen LogP contribution >= 0.6 is 0 Å². The summed E-state index contributed by atoms with van der Waals surface area (Å²) in [4.78, 5) is 0. The fourth-order valence-electron chi connectivity index (χ4n) is 1.70. The van der Waals surface area contributed by atoms with E-state index in [9.17, 15) is 0 Å². The predicted octanol–water partition coefficient (Wildman–Crippen LogP) is 1.95. The molecule has 102 valence electrons. The van der Waals surface area contributed by atoms with E-state index < -0.39 is 0 Å². The van der Waals surface area contributed by atoms with Crippen molar-refractivity contribution in [3.05, 3.63) is 23.8 Å². The summed E-state index contributed by atoms with van der Waals surface area (Å²) in [5, 5.41) is 12.4. The molecule has 0 heterocycles. The molecule has 0 saturated carbocycles. The van der Waals surface area contributed by atoms with Gasteiger partial charge in [0.2, 0.25) is 0 Å². The zero-order valence-electron chi connectivity index (χ0n) is 11.4. The van der Waals surface area contributed by atoms with E-state index in [-0.39, 0.29) is 12.6 Å². The molecule has 0 unspecified atom stereocenters. The quantitative estimate of drug-likeness (QED) is 0.743. The summed E-state index contributed by atoms with van der Waals surface area (Å²) < 4.78 is 10.8. The van der Waals surface area contributed by atoms with Gasteiger partial charge in [0.05, 0.1) is 20.3 Å². The number of benzene rings is 1. The van der Waals surface area contributed by atoms with Crippen LogP contribution in [0.5, 0.6) is 11.5 Å². The predicted molar refractivity (Wildman–Crippen MR) is 72.2 cm³/mol. The van der Waals surface area contributed by atoms with Crippen LogP contribution in [-0.2, 0) is 6.54 Å². The molecule has 0 spiro atoms. The molecule has 1 atom stereocenters. The van der Waals surface area contributed by atoms with Gasteiger partial charge >= 0.3 is 0 Å². The molecule has 2 N–H and O–H groups in total. The lowest BCUT2D eigenvalue weighted by molar-refractivity contribution is 0.238. The molecule has 0 bridgehead atoms. The Bertz CT molecular complexity index is 351. The van der Waals surface area contributed by atoms with Crippen molar-refractivity contribution in [2.24, 2.45) is 0 Å². The third kappa shape index (κ3) is 4.20. The number of nitrogens with one attached hydrogen (secondary N) is 1. The summed E-state index contributed by atoms with van der Waals surface area (Å²) in [7, 11) is 1.64. The fourth-order valence-corrected chi connectivity index (χ4v) is 1.70. The van der Waals surface area contributed by atoms with Crippen LogP contribution in [0.4, 0.5) is 0 Å². The highest BCUT2D eigenvalue weighted by Gasteiger charge is 2.07. The zero-order chi connectivity index (χ0) is 13.4. The second kappa shape index (κ2) is 7.95. The van der Waals surface area contributed by atoms with Crippen molar-refractivity contribution in [2.45, 2.75) is 32.9 Å². The van der Waals surface area contributed by atoms with Crippen LogP contribution in [0, 0.1) is 0 Å². The van der Waals surface area contributed by atoms with E-state index in [0.29, 0.717) is 13.2 Å². The zero-order valence-corrected chi connectivity index (χ0v) is 11.4. The minimum atomic E-state index is 0.141. The Hall–Kier alpha value is -1.26. The van der Waals surface area contributed by atoms with Gasteiger partial charge in [-0.1, -0.05) is 13.0 Å². The number of ether oxygens (including phenoxy) is 2. The number of hydrogen-bond donors (Lipinski definition) is 2. The van der Waals surface area contributed by atoms with Crippen molar-refractivity contribution >= 4 is 0 Å². The molecule has 0 amide bonds. The maximum Gasteiger partial charge on any atom is 0.161 e. The Morgan fingerprint density at radius 1 is 1.28 bits per heavy atom. The number of aliphatic hydroxyl groups is 1. The van der Waals surface area contributed by atoms with E-state index in [1.807, 2.05) is 32.0 Å². The smallest absolute Gasteiger partial charge is 0.161 e. The number of methoxy groups -OCH3 is 1. The Morgan fingerprint density at radius 3 is 2.61 bits per heavy atom. The van der Waals surface area contributed by atoms with Gasteiger partial charge in [0.25, 0.3) is 0 Å². The highest BCUT2D eigenvalue weighted by Crippen LogP contribution is 2.27. The molecule has 1 aromatic carbocycles. The highest BCUT2D eigenvalue weighted by molar-refractivity contribution is 5.42. The molecule has 0 fully saturated rings. The summed E-state index contributed by atoms with van der Waals surface area (Å²) in [6, 6.07) is 6.02. The second-order valence-electron chi connectivity index (χ2n) is 4.09. The largest absolute Gasteiger partial charge is 0.493 e. The summed E-state index contributed by atoms with van der Waals surface area (Å²) in [5.41, 5.74) is 1.11. The van der Waals surface area contributed by atoms with Crippen molar-refractivity contribution in [2.75, 3.05) is 20.3 Å². The highest BCUT2D eigenvalue weighted by atomic mass is 16.5. The Kier molecular flexibility index (Phi) is 6.54. The molecule has 1 rings (SSSR count). The van der Waals surface area contributed by atoms with Crippen molar-refractivity contribution < 1.29 is 14.6 Å². The molecule has 0 aliphatic heterocycles. The van der Waals surface area contributed by atoms with E-state index in [2.05, 4.69) is 5.32 Å². The van der Waals surface area contributed by atoms with E-state index >= 15 is 0 Å². The third-order valence-electron chi connectivity index (χ3n) is 2.84. The van der Waals surface area contributed by atoms with Crippen LogP contribution in [0.3, 0.4) is 0 Å². The Labute approximate surface area is 109 Å². The number of hydrogen-bond acceptors (Lipinski definition) is 4. The van der Waals surface area contributed by atoms with E-state index in [1.165, 1.54) is 0 Å². The van der Waals surface area contributed by atoms with Crippen LogP contribution in [0.1, 0.15) is 25.8 Å². The summed E-state index contributed by atoms with van der Waals surface area (Å²) >= 11 is 0. The van der Waals surface area contributed by atoms with Gasteiger partial charge in [0.1, 0.15) is 0 Å². The van der Waals surface area contributed by atoms with Gasteiger partial charge in [-0.05, 0) is 31.0 Å². The van der Waals surface area contributed by atoms with Crippen molar-refractivity contribution in [1.82, 2.24) is 5.32 Å². The minimum absolute atomic E-state index is 0.141. The lowest BCUT2D eigenvalue weighted by atomic mass is 10.1. The lowest BCUT2D eigenvalue weighted by Crippen LogP contribution is -2.31. The first-order valence-corrected chi connectivity index (χ1v) is 6.39. The van der Waals surface area contributed by atoms with E-state index in [0.717, 1.165) is 23.5 Å². The monoisotopic (exact) mass is 253 g/mol. The first-order valence-electron chi connectivity index (χ1n) is 6.39. The molecular formula is C14H23NO3. The first-order chi connectivity index (χ1) is 8.74. The number of rotatable bonds is 8. The maximum atomic E-state index is 9.11. The molecule has 18 heavy (non-hydrogen) atoms. The summed E-state index contributed by atoms with van der Waals surface area (Å²) in [6.07, 6.45) is 0.907. The molecular weight excluding hydrogens is 230 g/mol. The molecule has 4 nitrogen and oxygen atoms in total. The van der Waals surface area contributed by atoms with Crippen LogP contribution in [0.25, 0.3) is 0 Å². The van der Waals surface area contributed by atoms with Crippen molar-refractivity contribution in [3.63, 3.8) is 0 Å². The minimum Gasteiger partial charge on any atom is -0.493 e. The summed E-state index contributed by atoms with van der Waals surface area (Å²) in [5.74, 6) is 1.51. The van der Waals surface area contributed by atoms with Gasteiger partial charge in [0.15, 0.2) is 11.5 Å². The molecule has 0 aliphatic carbocycles. The molecule has 1 aromatic rings. The fraction of sp³-hybridized carbons (Fsp3) is 0.571. The van der Waals surface area contributed by atoms with Crippen LogP contribution in [-0.4, -0.2) is 31.5 Å². The Balaban J connectivity index is 2.67. The topological polar surface area (TPSA) is 50.7 Å². The molecule has 0 aromatic heterocycles. The normalized spacial score (nSPS) is 12.2. The summed E-state index contributed by atoms with van der Waals surface area (Å²) in [6.45, 7) is 5.48. The molecule has 0 radical (unpaired) electrons. The van der Waals surface area contributed by atoms with Gasteiger partial charge < -0.3 is 19.9 Å². The number of aliphatic hydroxyl groups excluding tert-OH is 1. The van der Waals surface area contributed by atoms with Crippen molar-refractivity contribution in [3.8, 4) is 11.5 Å². The van der Waals surface area contributed by atoms with Gasteiger partial charge in [-0.25, -0.2) is 0 Å². The van der Waals surface area contributed by atoms with Crippen LogP contribution in [0.2, 0.25) is 0 Å². The van der Waals surface area contributed by atoms with E-state index in [1.54, 1.807) is 7.11 Å². The van der Waals surface area contributed by atoms with Crippen LogP contribution < -0.4 is 14.8 Å². The standard InChI is InChI=1S/C14H23NO3/c1-4-12(10-16)15-9-11-6-7-13(18-5-2)14(8-11)17-3/h6-8,12,15-16H,4-5,9-10H2,1-3H3/t12-/m1/s1.